The highest BCUT2D eigenvalue weighted by Crippen LogP contribution is 2.31. The van der Waals surface area contributed by atoms with Gasteiger partial charge in [0.15, 0.2) is 5.13 Å². The van der Waals surface area contributed by atoms with Crippen LogP contribution in [0.25, 0.3) is 5.69 Å². The molecule has 0 bridgehead atoms. The second-order valence-corrected chi connectivity index (χ2v) is 9.05. The van der Waals surface area contributed by atoms with Crippen LogP contribution in [0.3, 0.4) is 0 Å². The third-order valence-corrected chi connectivity index (χ3v) is 6.50. The molecule has 0 unspecified atom stereocenters. The summed E-state index contributed by atoms with van der Waals surface area (Å²) in [6.45, 7) is 7.67. The van der Waals surface area contributed by atoms with Crippen molar-refractivity contribution in [2.45, 2.75) is 38.6 Å². The van der Waals surface area contributed by atoms with Crippen LogP contribution in [0.5, 0.6) is 0 Å². The lowest BCUT2D eigenvalue weighted by Gasteiger charge is -2.18. The molecule has 4 rings (SSSR count). The fourth-order valence-electron chi connectivity index (χ4n) is 3.26. The zero-order valence-electron chi connectivity index (χ0n) is 17.7. The SMILES string of the molecule is CC(=O)N(c1cccc(C)c1)c1nc(CSc2nnnn2-c2ccc(C)cc2C)cs1. The van der Waals surface area contributed by atoms with Gasteiger partial charge in [0.25, 0.3) is 0 Å². The van der Waals surface area contributed by atoms with Gasteiger partial charge in [0, 0.05) is 18.1 Å². The number of aryl methyl sites for hydroxylation is 3. The van der Waals surface area contributed by atoms with Crippen LogP contribution in [0, 0.1) is 20.8 Å². The molecule has 9 heteroatoms. The van der Waals surface area contributed by atoms with Gasteiger partial charge in [-0.15, -0.1) is 16.4 Å². The fourth-order valence-corrected chi connectivity index (χ4v) is 5.03. The lowest BCUT2D eigenvalue weighted by atomic mass is 10.1. The largest absolute Gasteiger partial charge is 0.274 e. The van der Waals surface area contributed by atoms with E-state index < -0.39 is 0 Å². The Balaban J connectivity index is 1.53. The van der Waals surface area contributed by atoms with Crippen molar-refractivity contribution >= 4 is 39.8 Å². The Morgan fingerprint density at radius 3 is 2.68 bits per heavy atom. The number of carbonyl (C=O) groups is 1. The van der Waals surface area contributed by atoms with Crippen LogP contribution in [0.4, 0.5) is 10.8 Å². The van der Waals surface area contributed by atoms with Crippen molar-refractivity contribution in [3.63, 3.8) is 0 Å². The Bertz CT molecular complexity index is 1230. The summed E-state index contributed by atoms with van der Waals surface area (Å²) in [4.78, 5) is 18.7. The Morgan fingerprint density at radius 2 is 1.94 bits per heavy atom. The van der Waals surface area contributed by atoms with Crippen molar-refractivity contribution in [2.75, 3.05) is 4.90 Å². The Hall–Kier alpha value is -3.04. The molecule has 2 heterocycles. The first-order valence-electron chi connectivity index (χ1n) is 9.73. The van der Waals surface area contributed by atoms with Gasteiger partial charge < -0.3 is 0 Å². The van der Waals surface area contributed by atoms with Crippen molar-refractivity contribution < 1.29 is 4.79 Å². The summed E-state index contributed by atoms with van der Waals surface area (Å²) in [6.07, 6.45) is 0. The molecule has 0 saturated heterocycles. The van der Waals surface area contributed by atoms with Crippen LogP contribution in [-0.2, 0) is 10.5 Å². The van der Waals surface area contributed by atoms with Crippen LogP contribution >= 0.6 is 23.1 Å². The predicted octanol–water partition coefficient (Wildman–Crippen LogP) is 5.02. The first-order valence-corrected chi connectivity index (χ1v) is 11.6. The van der Waals surface area contributed by atoms with Crippen LogP contribution in [0.1, 0.15) is 29.3 Å². The topological polar surface area (TPSA) is 76.8 Å². The smallest absolute Gasteiger partial charge is 0.230 e. The van der Waals surface area contributed by atoms with Crippen molar-refractivity contribution in [1.29, 1.82) is 0 Å². The first-order chi connectivity index (χ1) is 14.9. The van der Waals surface area contributed by atoms with Gasteiger partial charge in [0.2, 0.25) is 11.1 Å². The number of carbonyl (C=O) groups excluding carboxylic acids is 1. The summed E-state index contributed by atoms with van der Waals surface area (Å²) in [5, 5.41) is 15.5. The maximum atomic E-state index is 12.3. The van der Waals surface area contributed by atoms with E-state index in [1.54, 1.807) is 16.5 Å². The van der Waals surface area contributed by atoms with Gasteiger partial charge in [-0.05, 0) is 60.5 Å². The molecule has 4 aromatic rings. The van der Waals surface area contributed by atoms with Gasteiger partial charge in [0.1, 0.15) is 0 Å². The molecule has 0 radical (unpaired) electrons. The second kappa shape index (κ2) is 8.99. The summed E-state index contributed by atoms with van der Waals surface area (Å²) in [5.74, 6) is 0.527. The van der Waals surface area contributed by atoms with Gasteiger partial charge in [-0.25, -0.2) is 4.98 Å². The van der Waals surface area contributed by atoms with E-state index in [0.29, 0.717) is 16.0 Å². The minimum Gasteiger partial charge on any atom is -0.274 e. The number of amides is 1. The number of hydrogen-bond acceptors (Lipinski definition) is 7. The minimum atomic E-state index is -0.0713. The Labute approximate surface area is 189 Å². The second-order valence-electron chi connectivity index (χ2n) is 7.27. The van der Waals surface area contributed by atoms with E-state index in [2.05, 4.69) is 28.5 Å². The zero-order chi connectivity index (χ0) is 22.0. The maximum Gasteiger partial charge on any atom is 0.230 e. The molecular formula is C22H22N6OS2. The van der Waals surface area contributed by atoms with Gasteiger partial charge in [-0.1, -0.05) is 41.6 Å². The molecule has 0 atom stereocenters. The molecule has 0 N–H and O–H groups in total. The Morgan fingerprint density at radius 1 is 1.13 bits per heavy atom. The molecule has 7 nitrogen and oxygen atoms in total. The summed E-state index contributed by atoms with van der Waals surface area (Å²) in [5.41, 5.74) is 6.05. The molecule has 0 aliphatic heterocycles. The number of nitrogens with zero attached hydrogens (tertiary/aromatic N) is 6. The van der Waals surface area contributed by atoms with E-state index in [4.69, 9.17) is 4.98 Å². The summed E-state index contributed by atoms with van der Waals surface area (Å²) in [6, 6.07) is 14.0. The number of hydrogen-bond donors (Lipinski definition) is 0. The fraction of sp³-hybridized carbons (Fsp3) is 0.227. The highest BCUT2D eigenvalue weighted by atomic mass is 32.2. The quantitative estimate of drug-likeness (QED) is 0.384. The van der Waals surface area contributed by atoms with Crippen LogP contribution in [0.2, 0.25) is 0 Å². The van der Waals surface area contributed by atoms with Crippen molar-refractivity contribution in [1.82, 2.24) is 25.2 Å². The molecule has 158 valence electrons. The first kappa shape index (κ1) is 21.2. The van der Waals surface area contributed by atoms with Crippen LogP contribution in [-0.4, -0.2) is 31.1 Å². The number of aromatic nitrogens is 5. The van der Waals surface area contributed by atoms with Gasteiger partial charge in [-0.2, -0.15) is 4.68 Å². The summed E-state index contributed by atoms with van der Waals surface area (Å²) in [7, 11) is 0. The molecule has 2 aromatic carbocycles. The molecule has 2 aromatic heterocycles. The third kappa shape index (κ3) is 4.67. The lowest BCUT2D eigenvalue weighted by Crippen LogP contribution is -2.22. The summed E-state index contributed by atoms with van der Waals surface area (Å²) < 4.78 is 1.75. The molecule has 0 spiro atoms. The van der Waals surface area contributed by atoms with Crippen LogP contribution < -0.4 is 4.90 Å². The highest BCUT2D eigenvalue weighted by Gasteiger charge is 2.19. The highest BCUT2D eigenvalue weighted by molar-refractivity contribution is 7.98. The average molecular weight is 451 g/mol. The molecular weight excluding hydrogens is 428 g/mol. The van der Waals surface area contributed by atoms with E-state index in [9.17, 15) is 4.79 Å². The maximum absolute atomic E-state index is 12.3. The number of thioether (sulfide) groups is 1. The number of thiazole rings is 1. The molecule has 0 saturated carbocycles. The van der Waals surface area contributed by atoms with Gasteiger partial charge in [-0.3, -0.25) is 9.69 Å². The number of rotatable bonds is 6. The summed E-state index contributed by atoms with van der Waals surface area (Å²) >= 11 is 2.96. The van der Waals surface area contributed by atoms with Crippen LogP contribution in [0.15, 0.2) is 53.0 Å². The molecule has 0 aliphatic carbocycles. The lowest BCUT2D eigenvalue weighted by molar-refractivity contribution is -0.115. The zero-order valence-corrected chi connectivity index (χ0v) is 19.4. The monoisotopic (exact) mass is 450 g/mol. The van der Waals surface area contributed by atoms with E-state index >= 15 is 0 Å². The number of tetrazole rings is 1. The normalized spacial score (nSPS) is 11.0. The van der Waals surface area contributed by atoms with E-state index in [-0.39, 0.29) is 5.91 Å². The standard InChI is InChI=1S/C22H22N6OS2/c1-14-6-5-7-19(11-14)27(17(4)29)21-23-18(12-30-21)13-31-22-24-25-26-28(22)20-9-8-15(2)10-16(20)3/h5-12H,13H2,1-4H3. The van der Waals surface area contributed by atoms with E-state index in [0.717, 1.165) is 28.2 Å². The average Bonchev–Trinajstić information content (AvgIpc) is 3.36. The molecule has 1 amide bonds. The molecule has 0 fully saturated rings. The third-order valence-electron chi connectivity index (χ3n) is 4.68. The van der Waals surface area contributed by atoms with E-state index in [1.807, 2.05) is 55.6 Å². The van der Waals surface area contributed by atoms with Gasteiger partial charge >= 0.3 is 0 Å². The van der Waals surface area contributed by atoms with E-state index in [1.165, 1.54) is 28.7 Å². The number of benzene rings is 2. The molecule has 31 heavy (non-hydrogen) atoms. The predicted molar refractivity (Wildman–Crippen MR) is 124 cm³/mol. The van der Waals surface area contributed by atoms with Gasteiger partial charge in [0.05, 0.1) is 17.1 Å². The minimum absolute atomic E-state index is 0.0713. The van der Waals surface area contributed by atoms with Crippen molar-refractivity contribution in [2.24, 2.45) is 0 Å². The Kier molecular flexibility index (Phi) is 6.15. The number of anilines is 2. The van der Waals surface area contributed by atoms with Crippen molar-refractivity contribution in [3.8, 4) is 5.69 Å². The van der Waals surface area contributed by atoms with Crippen molar-refractivity contribution in [3.05, 3.63) is 70.2 Å². The molecule has 0 aliphatic rings.